The van der Waals surface area contributed by atoms with Crippen molar-refractivity contribution in [1.29, 1.82) is 0 Å². The number of nitrogens with one attached hydrogen (secondary N) is 1. The first-order valence-electron chi connectivity index (χ1n) is 13.2. The van der Waals surface area contributed by atoms with Crippen LogP contribution in [-0.4, -0.2) is 47.1 Å². The standard InChI is InChI=1S/C29H32ClN5O4/c1-4-5-18-15-22(30)9-6-21(18)16-31-29-32-24-12-13-34(17-23(24)28(38)35(29)39-3)27(37)20-7-10-25-19(14-20)8-11-26(36)33(25)2/h6-7,9-10,14-15H,4-5,8,11-13,16-17H2,1-3H3,(H,31,32). The minimum absolute atomic E-state index is 0.0690. The zero-order valence-electron chi connectivity index (χ0n) is 22.4. The van der Waals surface area contributed by atoms with Gasteiger partial charge in [-0.05, 0) is 59.9 Å². The van der Waals surface area contributed by atoms with Crippen molar-refractivity contribution in [3.05, 3.63) is 85.3 Å². The van der Waals surface area contributed by atoms with E-state index >= 15 is 0 Å². The molecule has 2 amide bonds. The first-order chi connectivity index (χ1) is 18.8. The van der Waals surface area contributed by atoms with Crippen LogP contribution in [0.1, 0.15) is 58.1 Å². The molecule has 0 fully saturated rings. The van der Waals surface area contributed by atoms with Crippen LogP contribution in [0.25, 0.3) is 0 Å². The van der Waals surface area contributed by atoms with E-state index in [1.165, 1.54) is 7.11 Å². The summed E-state index contributed by atoms with van der Waals surface area (Å²) in [6, 6.07) is 11.2. The van der Waals surface area contributed by atoms with Crippen molar-refractivity contribution in [2.24, 2.45) is 0 Å². The van der Waals surface area contributed by atoms with Gasteiger partial charge < -0.3 is 20.0 Å². The summed E-state index contributed by atoms with van der Waals surface area (Å²) >= 11 is 6.19. The lowest BCUT2D eigenvalue weighted by molar-refractivity contribution is -0.118. The van der Waals surface area contributed by atoms with E-state index < -0.39 is 0 Å². The van der Waals surface area contributed by atoms with E-state index in [0.29, 0.717) is 60.1 Å². The van der Waals surface area contributed by atoms with E-state index in [9.17, 15) is 14.4 Å². The number of aryl methyl sites for hydroxylation is 2. The van der Waals surface area contributed by atoms with Crippen LogP contribution in [0.2, 0.25) is 5.02 Å². The number of benzene rings is 2. The van der Waals surface area contributed by atoms with Gasteiger partial charge in [-0.3, -0.25) is 14.4 Å². The largest absolute Gasteiger partial charge is 0.411 e. The quantitative estimate of drug-likeness (QED) is 0.483. The Kier molecular flexibility index (Phi) is 7.61. The maximum Gasteiger partial charge on any atom is 0.293 e. The van der Waals surface area contributed by atoms with Gasteiger partial charge in [0, 0.05) is 49.3 Å². The molecule has 9 nitrogen and oxygen atoms in total. The fraction of sp³-hybridized carbons (Fsp3) is 0.379. The summed E-state index contributed by atoms with van der Waals surface area (Å²) in [6.07, 6.45) is 3.38. The zero-order valence-corrected chi connectivity index (χ0v) is 23.2. The molecule has 0 unspecified atom stereocenters. The number of carbonyl (C=O) groups excluding carboxylic acids is 2. The highest BCUT2D eigenvalue weighted by Crippen LogP contribution is 2.29. The lowest BCUT2D eigenvalue weighted by Gasteiger charge is -2.30. The molecule has 0 saturated carbocycles. The lowest BCUT2D eigenvalue weighted by atomic mass is 9.98. The molecule has 10 heteroatoms. The van der Waals surface area contributed by atoms with Crippen LogP contribution in [0, 0.1) is 0 Å². The van der Waals surface area contributed by atoms with Gasteiger partial charge in [-0.1, -0.05) is 31.0 Å². The predicted octanol–water partition coefficient (Wildman–Crippen LogP) is 3.63. The Hall–Kier alpha value is -3.85. The van der Waals surface area contributed by atoms with E-state index in [1.807, 2.05) is 30.3 Å². The average molecular weight is 550 g/mol. The molecule has 39 heavy (non-hydrogen) atoms. The second-order valence-electron chi connectivity index (χ2n) is 9.93. The smallest absolute Gasteiger partial charge is 0.293 e. The molecule has 0 spiro atoms. The van der Waals surface area contributed by atoms with Gasteiger partial charge in [0.1, 0.15) is 7.11 Å². The summed E-state index contributed by atoms with van der Waals surface area (Å²) in [5.74, 6) is 0.242. The lowest BCUT2D eigenvalue weighted by Crippen LogP contribution is -2.42. The highest BCUT2D eigenvalue weighted by Gasteiger charge is 2.29. The SMILES string of the molecule is CCCc1cc(Cl)ccc1CNc1nc2c(c(=O)n1OC)CN(C(=O)c1ccc3c(c1)CCC(=O)N3C)CC2. The molecule has 2 aliphatic heterocycles. The summed E-state index contributed by atoms with van der Waals surface area (Å²) in [6.45, 7) is 3.18. The third-order valence-electron chi connectivity index (χ3n) is 7.46. The van der Waals surface area contributed by atoms with Crippen LogP contribution in [0.5, 0.6) is 0 Å². The summed E-state index contributed by atoms with van der Waals surface area (Å²) in [4.78, 5) is 52.3. The minimum atomic E-state index is -0.335. The maximum absolute atomic E-state index is 13.4. The van der Waals surface area contributed by atoms with E-state index in [1.54, 1.807) is 22.9 Å². The highest BCUT2D eigenvalue weighted by molar-refractivity contribution is 6.30. The molecular formula is C29H32ClN5O4. The molecule has 3 aromatic rings. The summed E-state index contributed by atoms with van der Waals surface area (Å²) in [7, 11) is 3.17. The maximum atomic E-state index is 13.4. The van der Waals surface area contributed by atoms with Gasteiger partial charge in [0.15, 0.2) is 0 Å². The van der Waals surface area contributed by atoms with Gasteiger partial charge in [-0.25, -0.2) is 4.98 Å². The van der Waals surface area contributed by atoms with Crippen LogP contribution < -0.4 is 20.6 Å². The second-order valence-corrected chi connectivity index (χ2v) is 10.4. The molecule has 2 aromatic carbocycles. The highest BCUT2D eigenvalue weighted by atomic mass is 35.5. The number of aromatic nitrogens is 2. The molecule has 0 saturated heterocycles. The van der Waals surface area contributed by atoms with Crippen molar-refractivity contribution in [1.82, 2.24) is 14.6 Å². The second kappa shape index (κ2) is 11.1. The van der Waals surface area contributed by atoms with Crippen LogP contribution in [0.15, 0.2) is 41.2 Å². The Morgan fingerprint density at radius 2 is 1.92 bits per heavy atom. The molecule has 2 aliphatic rings. The summed E-state index contributed by atoms with van der Waals surface area (Å²) < 4.78 is 1.15. The van der Waals surface area contributed by atoms with Gasteiger partial charge in [-0.2, -0.15) is 0 Å². The molecule has 0 atom stereocenters. The number of nitrogens with zero attached hydrogens (tertiary/aromatic N) is 4. The Bertz CT molecular complexity index is 1500. The Balaban J connectivity index is 1.36. The van der Waals surface area contributed by atoms with E-state index in [0.717, 1.165) is 39.9 Å². The zero-order chi connectivity index (χ0) is 27.7. The van der Waals surface area contributed by atoms with Crippen molar-refractivity contribution < 1.29 is 14.4 Å². The van der Waals surface area contributed by atoms with E-state index in [2.05, 4.69) is 12.2 Å². The van der Waals surface area contributed by atoms with Crippen LogP contribution in [0.3, 0.4) is 0 Å². The third-order valence-corrected chi connectivity index (χ3v) is 7.69. The number of carbonyl (C=O) groups is 2. The fourth-order valence-corrected chi connectivity index (χ4v) is 5.52. The van der Waals surface area contributed by atoms with E-state index in [-0.39, 0.29) is 23.9 Å². The number of anilines is 2. The van der Waals surface area contributed by atoms with Crippen molar-refractivity contribution >= 4 is 35.1 Å². The van der Waals surface area contributed by atoms with Gasteiger partial charge in [0.2, 0.25) is 11.9 Å². The molecule has 204 valence electrons. The monoisotopic (exact) mass is 549 g/mol. The predicted molar refractivity (Wildman–Crippen MR) is 150 cm³/mol. The Morgan fingerprint density at radius 1 is 1.10 bits per heavy atom. The molecule has 1 N–H and O–H groups in total. The average Bonchev–Trinajstić information content (AvgIpc) is 2.94. The number of halogens is 1. The number of rotatable bonds is 7. The van der Waals surface area contributed by atoms with Gasteiger partial charge in [-0.15, -0.1) is 4.73 Å². The van der Waals surface area contributed by atoms with Gasteiger partial charge in [0.05, 0.1) is 17.8 Å². The van der Waals surface area contributed by atoms with E-state index in [4.69, 9.17) is 21.4 Å². The Morgan fingerprint density at radius 3 is 2.69 bits per heavy atom. The first-order valence-corrected chi connectivity index (χ1v) is 13.6. The van der Waals surface area contributed by atoms with Crippen molar-refractivity contribution in [2.45, 2.75) is 52.1 Å². The fourth-order valence-electron chi connectivity index (χ4n) is 5.33. The van der Waals surface area contributed by atoms with Crippen LogP contribution in [-0.2, 0) is 37.1 Å². The molecule has 0 bridgehead atoms. The number of fused-ring (bicyclic) bond motifs is 2. The molecule has 3 heterocycles. The number of hydrogen-bond donors (Lipinski definition) is 1. The van der Waals surface area contributed by atoms with Crippen LogP contribution >= 0.6 is 11.6 Å². The molecule has 5 rings (SSSR count). The normalized spacial score (nSPS) is 14.6. The first kappa shape index (κ1) is 26.7. The number of amides is 2. The summed E-state index contributed by atoms with van der Waals surface area (Å²) in [5, 5.41) is 3.95. The molecule has 1 aromatic heterocycles. The molecule has 0 aliphatic carbocycles. The van der Waals surface area contributed by atoms with Gasteiger partial charge >= 0.3 is 0 Å². The third kappa shape index (κ3) is 5.23. The van der Waals surface area contributed by atoms with Crippen molar-refractivity contribution in [3.63, 3.8) is 0 Å². The van der Waals surface area contributed by atoms with Gasteiger partial charge in [0.25, 0.3) is 11.5 Å². The van der Waals surface area contributed by atoms with Crippen molar-refractivity contribution in [2.75, 3.05) is 30.9 Å². The topological polar surface area (TPSA) is 96.8 Å². The Labute approximate surface area is 232 Å². The van der Waals surface area contributed by atoms with Crippen molar-refractivity contribution in [3.8, 4) is 0 Å². The summed E-state index contributed by atoms with van der Waals surface area (Å²) in [5.41, 5.74) is 5.35. The van der Waals surface area contributed by atoms with Crippen LogP contribution in [0.4, 0.5) is 11.6 Å². The molecular weight excluding hydrogens is 518 g/mol. The minimum Gasteiger partial charge on any atom is -0.411 e. The number of hydrogen-bond acceptors (Lipinski definition) is 6. The molecule has 0 radical (unpaired) electrons.